The maximum atomic E-state index is 12.7. The van der Waals surface area contributed by atoms with Crippen molar-refractivity contribution >= 4 is 23.2 Å². The van der Waals surface area contributed by atoms with E-state index in [1.165, 1.54) is 11.3 Å². The summed E-state index contributed by atoms with van der Waals surface area (Å²) >= 11 is 1.52. The van der Waals surface area contributed by atoms with Gasteiger partial charge < -0.3 is 10.0 Å². The third kappa shape index (κ3) is 2.37. The summed E-state index contributed by atoms with van der Waals surface area (Å²) in [6.07, 6.45) is 4.76. The normalized spacial score (nSPS) is 29.8. The van der Waals surface area contributed by atoms with Gasteiger partial charge in [0.2, 0.25) is 5.91 Å². The van der Waals surface area contributed by atoms with Gasteiger partial charge in [-0.05, 0) is 25.2 Å². The van der Waals surface area contributed by atoms with E-state index in [-0.39, 0.29) is 17.7 Å². The number of thiazole rings is 1. The molecule has 21 heavy (non-hydrogen) atoms. The van der Waals surface area contributed by atoms with E-state index in [0.29, 0.717) is 6.54 Å². The van der Waals surface area contributed by atoms with Crippen molar-refractivity contribution < 1.29 is 14.7 Å². The lowest BCUT2D eigenvalue weighted by Crippen LogP contribution is -2.40. The maximum absolute atomic E-state index is 12.7. The predicted octanol–water partition coefficient (Wildman–Crippen LogP) is 1.93. The second-order valence-corrected chi connectivity index (χ2v) is 6.83. The van der Waals surface area contributed by atoms with E-state index in [2.05, 4.69) is 4.98 Å². The third-order valence-electron chi connectivity index (χ3n) is 4.63. The van der Waals surface area contributed by atoms with Crippen molar-refractivity contribution in [3.8, 4) is 0 Å². The van der Waals surface area contributed by atoms with Gasteiger partial charge in [0.15, 0.2) is 0 Å². The minimum Gasteiger partial charge on any atom is -0.481 e. The first kappa shape index (κ1) is 14.3. The van der Waals surface area contributed by atoms with Crippen LogP contribution in [0.3, 0.4) is 0 Å². The molecule has 1 aromatic rings. The number of allylic oxidation sites excluding steroid dienone is 2. The molecule has 2 aliphatic rings. The number of hydrogen-bond acceptors (Lipinski definition) is 4. The molecule has 4 atom stereocenters. The van der Waals surface area contributed by atoms with Crippen LogP contribution in [0.1, 0.15) is 17.0 Å². The van der Waals surface area contributed by atoms with Gasteiger partial charge in [-0.15, -0.1) is 11.3 Å². The first-order valence-electron chi connectivity index (χ1n) is 7.04. The van der Waals surface area contributed by atoms with Crippen LogP contribution in [0.15, 0.2) is 17.7 Å². The molecule has 0 aromatic carbocycles. The summed E-state index contributed by atoms with van der Waals surface area (Å²) in [6.45, 7) is 2.42. The molecule has 1 heterocycles. The molecule has 112 valence electrons. The van der Waals surface area contributed by atoms with Crippen molar-refractivity contribution in [2.45, 2.75) is 19.9 Å². The van der Waals surface area contributed by atoms with Gasteiger partial charge in [0, 0.05) is 11.9 Å². The Kier molecular flexibility index (Phi) is 3.57. The number of carboxylic acid groups (broad SMARTS) is 1. The van der Waals surface area contributed by atoms with Crippen LogP contribution in [-0.4, -0.2) is 33.9 Å². The van der Waals surface area contributed by atoms with E-state index in [4.69, 9.17) is 0 Å². The average molecular weight is 306 g/mol. The summed E-state index contributed by atoms with van der Waals surface area (Å²) in [5.74, 6) is -1.82. The highest BCUT2D eigenvalue weighted by molar-refractivity contribution is 7.09. The average Bonchev–Trinajstić information content (AvgIpc) is 3.13. The summed E-state index contributed by atoms with van der Waals surface area (Å²) in [7, 11) is 1.75. The van der Waals surface area contributed by atoms with Crippen LogP contribution in [0, 0.1) is 30.6 Å². The Morgan fingerprint density at radius 3 is 2.62 bits per heavy atom. The van der Waals surface area contributed by atoms with Crippen molar-refractivity contribution in [3.05, 3.63) is 28.2 Å². The van der Waals surface area contributed by atoms with E-state index >= 15 is 0 Å². The number of aryl methyl sites for hydroxylation is 1. The van der Waals surface area contributed by atoms with Crippen LogP contribution >= 0.6 is 11.3 Å². The summed E-state index contributed by atoms with van der Waals surface area (Å²) in [5.41, 5.74) is 2.70. The number of rotatable bonds is 4. The lowest BCUT2D eigenvalue weighted by Gasteiger charge is -2.28. The Morgan fingerprint density at radius 2 is 2.05 bits per heavy atom. The van der Waals surface area contributed by atoms with E-state index in [9.17, 15) is 14.7 Å². The standard InChI is InChI=1S/C15H18N2O3S/c1-8-11(21-7-16-8)6-17(2)14(18)12-9-3-4-10(5-9)13(12)15(19)20/h3-4,7,9-10,12-13H,5-6H2,1-2H3,(H,19,20)/t9?,10?,12-,13+/m0/s1. The Hall–Kier alpha value is -1.69. The molecule has 0 radical (unpaired) electrons. The molecule has 3 rings (SSSR count). The molecule has 6 heteroatoms. The summed E-state index contributed by atoms with van der Waals surface area (Å²) in [6, 6.07) is 0. The fourth-order valence-electron chi connectivity index (χ4n) is 3.52. The van der Waals surface area contributed by atoms with Gasteiger partial charge in [-0.1, -0.05) is 12.2 Å². The van der Waals surface area contributed by atoms with Crippen LogP contribution < -0.4 is 0 Å². The number of hydrogen-bond donors (Lipinski definition) is 1. The number of aromatic nitrogens is 1. The highest BCUT2D eigenvalue weighted by Gasteiger charge is 2.52. The highest BCUT2D eigenvalue weighted by Crippen LogP contribution is 2.48. The zero-order valence-electron chi connectivity index (χ0n) is 12.0. The molecule has 5 nitrogen and oxygen atoms in total. The monoisotopic (exact) mass is 306 g/mol. The van der Waals surface area contributed by atoms with Gasteiger partial charge in [-0.25, -0.2) is 4.98 Å². The number of carbonyl (C=O) groups excluding carboxylic acids is 1. The van der Waals surface area contributed by atoms with Crippen molar-refractivity contribution in [1.82, 2.24) is 9.88 Å². The molecule has 1 amide bonds. The van der Waals surface area contributed by atoms with E-state index in [1.807, 2.05) is 19.1 Å². The number of nitrogens with zero attached hydrogens (tertiary/aromatic N) is 2. The molecule has 0 aliphatic heterocycles. The van der Waals surface area contributed by atoms with Gasteiger partial charge in [-0.3, -0.25) is 9.59 Å². The lowest BCUT2D eigenvalue weighted by molar-refractivity contribution is -0.150. The lowest BCUT2D eigenvalue weighted by atomic mass is 9.82. The van der Waals surface area contributed by atoms with Gasteiger partial charge in [-0.2, -0.15) is 0 Å². The number of amides is 1. The Bertz CT molecular complexity index is 610. The summed E-state index contributed by atoms with van der Waals surface area (Å²) in [5, 5.41) is 9.42. The fourth-order valence-corrected chi connectivity index (χ4v) is 4.35. The molecule has 2 bridgehead atoms. The molecule has 2 unspecified atom stereocenters. The largest absolute Gasteiger partial charge is 0.481 e. The Balaban J connectivity index is 1.76. The maximum Gasteiger partial charge on any atom is 0.307 e. The number of aliphatic carboxylic acids is 1. The van der Waals surface area contributed by atoms with Crippen molar-refractivity contribution in [3.63, 3.8) is 0 Å². The molecule has 1 fully saturated rings. The summed E-state index contributed by atoms with van der Waals surface area (Å²) in [4.78, 5) is 31.1. The first-order valence-corrected chi connectivity index (χ1v) is 7.92. The molecular formula is C15H18N2O3S. The predicted molar refractivity (Wildman–Crippen MR) is 78.7 cm³/mol. The number of carboxylic acids is 1. The topological polar surface area (TPSA) is 70.5 Å². The van der Waals surface area contributed by atoms with Crippen LogP contribution in [0.25, 0.3) is 0 Å². The minimum atomic E-state index is -0.854. The first-order chi connectivity index (χ1) is 9.99. The van der Waals surface area contributed by atoms with Crippen molar-refractivity contribution in [2.24, 2.45) is 23.7 Å². The third-order valence-corrected chi connectivity index (χ3v) is 5.55. The smallest absolute Gasteiger partial charge is 0.307 e. The van der Waals surface area contributed by atoms with E-state index < -0.39 is 17.8 Å². The van der Waals surface area contributed by atoms with Gasteiger partial charge >= 0.3 is 5.97 Å². The second-order valence-electron chi connectivity index (χ2n) is 5.89. The van der Waals surface area contributed by atoms with Crippen molar-refractivity contribution in [2.75, 3.05) is 7.05 Å². The van der Waals surface area contributed by atoms with Crippen LogP contribution in [0.5, 0.6) is 0 Å². The SMILES string of the molecule is Cc1ncsc1CN(C)C(=O)[C@H]1C2C=CC(C2)[C@H]1C(=O)O. The number of fused-ring (bicyclic) bond motifs is 2. The van der Waals surface area contributed by atoms with Crippen LogP contribution in [0.2, 0.25) is 0 Å². The molecule has 1 saturated carbocycles. The van der Waals surface area contributed by atoms with Crippen LogP contribution in [-0.2, 0) is 16.1 Å². The molecular weight excluding hydrogens is 288 g/mol. The zero-order chi connectivity index (χ0) is 15.1. The van der Waals surface area contributed by atoms with E-state index in [1.54, 1.807) is 17.5 Å². The van der Waals surface area contributed by atoms with Gasteiger partial charge in [0.05, 0.1) is 29.6 Å². The Labute approximate surface area is 127 Å². The van der Waals surface area contributed by atoms with Crippen LogP contribution in [0.4, 0.5) is 0 Å². The number of carbonyl (C=O) groups is 2. The van der Waals surface area contributed by atoms with Crippen molar-refractivity contribution in [1.29, 1.82) is 0 Å². The van der Waals surface area contributed by atoms with Gasteiger partial charge in [0.25, 0.3) is 0 Å². The fraction of sp³-hybridized carbons (Fsp3) is 0.533. The Morgan fingerprint density at radius 1 is 1.38 bits per heavy atom. The quantitative estimate of drug-likeness (QED) is 0.863. The molecule has 1 aromatic heterocycles. The molecule has 0 saturated heterocycles. The molecule has 1 N–H and O–H groups in total. The van der Waals surface area contributed by atoms with Gasteiger partial charge in [0.1, 0.15) is 0 Å². The van der Waals surface area contributed by atoms with E-state index in [0.717, 1.165) is 17.0 Å². The zero-order valence-corrected chi connectivity index (χ0v) is 12.8. The molecule has 0 spiro atoms. The second kappa shape index (κ2) is 5.26. The summed E-state index contributed by atoms with van der Waals surface area (Å²) < 4.78 is 0. The highest BCUT2D eigenvalue weighted by atomic mass is 32.1. The molecule has 2 aliphatic carbocycles. The minimum absolute atomic E-state index is 0.0139.